The van der Waals surface area contributed by atoms with Gasteiger partial charge in [-0.2, -0.15) is 0 Å². The molecule has 1 unspecified atom stereocenters. The highest BCUT2D eigenvalue weighted by Gasteiger charge is 2.24. The van der Waals surface area contributed by atoms with E-state index in [0.717, 1.165) is 0 Å². The van der Waals surface area contributed by atoms with Crippen LogP contribution in [0.4, 0.5) is 10.1 Å². The van der Waals surface area contributed by atoms with E-state index in [-0.39, 0.29) is 12.0 Å². The quantitative estimate of drug-likeness (QED) is 0.905. The summed E-state index contributed by atoms with van der Waals surface area (Å²) in [6.07, 6.45) is 0.601. The molecule has 1 amide bonds. The van der Waals surface area contributed by atoms with Gasteiger partial charge in [-0.3, -0.25) is 4.79 Å². The Balaban J connectivity index is 1.81. The van der Waals surface area contributed by atoms with Crippen molar-refractivity contribution in [3.8, 4) is 0 Å². The van der Waals surface area contributed by atoms with E-state index in [1.807, 2.05) is 0 Å². The first kappa shape index (κ1) is 14.9. The van der Waals surface area contributed by atoms with Crippen molar-refractivity contribution in [1.82, 2.24) is 0 Å². The van der Waals surface area contributed by atoms with E-state index in [1.165, 1.54) is 6.07 Å². The van der Waals surface area contributed by atoms with Gasteiger partial charge >= 0.3 is 0 Å². The van der Waals surface area contributed by atoms with Crippen molar-refractivity contribution in [3.63, 3.8) is 0 Å². The zero-order valence-corrected chi connectivity index (χ0v) is 12.1. The van der Waals surface area contributed by atoms with E-state index < -0.39 is 5.82 Å². The van der Waals surface area contributed by atoms with Crippen LogP contribution in [0.25, 0.3) is 0 Å². The first-order valence-corrected chi connectivity index (χ1v) is 7.30. The van der Waals surface area contributed by atoms with Gasteiger partial charge in [0.1, 0.15) is 11.9 Å². The van der Waals surface area contributed by atoms with Gasteiger partial charge in [0.05, 0.1) is 25.3 Å². The van der Waals surface area contributed by atoms with E-state index in [2.05, 4.69) is 5.16 Å². The first-order chi connectivity index (χ1) is 10.7. The predicted octanol–water partition coefficient (Wildman–Crippen LogP) is 1.03. The van der Waals surface area contributed by atoms with Crippen LogP contribution in [-0.4, -0.2) is 44.0 Å². The van der Waals surface area contributed by atoms with Crippen molar-refractivity contribution < 1.29 is 18.8 Å². The smallest absolute Gasteiger partial charge is 0.229 e. The summed E-state index contributed by atoms with van der Waals surface area (Å²) >= 11 is 0. The fourth-order valence-electron chi connectivity index (χ4n) is 2.57. The zero-order valence-electron chi connectivity index (χ0n) is 12.1. The summed E-state index contributed by atoms with van der Waals surface area (Å²) in [5.74, 6) is -0.482. The molecule has 2 aliphatic heterocycles. The number of oxime groups is 1. The molecule has 0 radical (unpaired) electrons. The molecule has 0 aliphatic carbocycles. The third-order valence-electron chi connectivity index (χ3n) is 3.79. The zero-order chi connectivity index (χ0) is 15.5. The summed E-state index contributed by atoms with van der Waals surface area (Å²) < 4.78 is 19.7. The molecule has 0 aromatic heterocycles. The second kappa shape index (κ2) is 6.41. The number of benzene rings is 1. The Morgan fingerprint density at radius 1 is 1.41 bits per heavy atom. The lowest BCUT2D eigenvalue weighted by atomic mass is 10.0. The number of halogens is 1. The van der Waals surface area contributed by atoms with Gasteiger partial charge in [-0.05, 0) is 18.2 Å². The van der Waals surface area contributed by atoms with Crippen LogP contribution in [0.5, 0.6) is 0 Å². The Hall–Kier alpha value is -1.99. The molecule has 118 valence electrons. The summed E-state index contributed by atoms with van der Waals surface area (Å²) in [5.41, 5.74) is 6.98. The van der Waals surface area contributed by atoms with Crippen LogP contribution < -0.4 is 10.6 Å². The van der Waals surface area contributed by atoms with Gasteiger partial charge in [0.2, 0.25) is 5.91 Å². The van der Waals surface area contributed by atoms with Crippen molar-refractivity contribution >= 4 is 17.3 Å². The van der Waals surface area contributed by atoms with E-state index >= 15 is 0 Å². The lowest BCUT2D eigenvalue weighted by Crippen LogP contribution is -2.31. The first-order valence-electron chi connectivity index (χ1n) is 7.30. The lowest BCUT2D eigenvalue weighted by molar-refractivity contribution is -0.118. The molecule has 0 saturated carbocycles. The Morgan fingerprint density at radius 2 is 2.27 bits per heavy atom. The minimum absolute atomic E-state index is 0.0608. The third-order valence-corrected chi connectivity index (χ3v) is 3.79. The molecule has 7 heteroatoms. The molecule has 6 nitrogen and oxygen atoms in total. The number of nitrogens with two attached hydrogens (primary N) is 1. The van der Waals surface area contributed by atoms with Gasteiger partial charge < -0.3 is 20.2 Å². The lowest BCUT2D eigenvalue weighted by Gasteiger charge is -2.20. The number of ether oxygens (including phenoxy) is 1. The molecule has 2 N–H and O–H groups in total. The van der Waals surface area contributed by atoms with Crippen molar-refractivity contribution in [3.05, 3.63) is 29.6 Å². The second-order valence-electron chi connectivity index (χ2n) is 5.28. The molecule has 0 spiro atoms. The number of amides is 1. The highest BCUT2D eigenvalue weighted by atomic mass is 19.1. The van der Waals surface area contributed by atoms with Crippen LogP contribution in [0.1, 0.15) is 18.4 Å². The summed E-state index contributed by atoms with van der Waals surface area (Å²) in [7, 11) is 0. The Bertz CT molecular complexity index is 606. The van der Waals surface area contributed by atoms with Gasteiger partial charge in [0, 0.05) is 30.8 Å². The number of anilines is 1. The summed E-state index contributed by atoms with van der Waals surface area (Å²) in [5, 5.41) is 3.89. The largest absolute Gasteiger partial charge is 0.390 e. The molecule has 2 aliphatic rings. The van der Waals surface area contributed by atoms with Crippen molar-refractivity contribution in [2.45, 2.75) is 18.9 Å². The van der Waals surface area contributed by atoms with Crippen LogP contribution in [0.15, 0.2) is 23.4 Å². The predicted molar refractivity (Wildman–Crippen MR) is 79.3 cm³/mol. The van der Waals surface area contributed by atoms with Crippen LogP contribution in [0.2, 0.25) is 0 Å². The SMILES string of the molecule is NCC1CC(c2ccc(N3CCOCCC3=O)cc2F)=NO1. The highest BCUT2D eigenvalue weighted by Crippen LogP contribution is 2.24. The van der Waals surface area contributed by atoms with Gasteiger partial charge in [-0.1, -0.05) is 5.16 Å². The maximum atomic E-state index is 14.4. The Morgan fingerprint density at radius 3 is 3.00 bits per heavy atom. The molecule has 1 aromatic carbocycles. The number of hydrogen-bond donors (Lipinski definition) is 1. The van der Waals surface area contributed by atoms with Crippen molar-refractivity contribution in [2.75, 3.05) is 31.2 Å². The molecule has 1 aromatic rings. The molecular weight excluding hydrogens is 289 g/mol. The third kappa shape index (κ3) is 2.95. The van der Waals surface area contributed by atoms with Crippen LogP contribution in [-0.2, 0) is 14.4 Å². The fourth-order valence-corrected chi connectivity index (χ4v) is 2.57. The average molecular weight is 307 g/mol. The summed E-state index contributed by atoms with van der Waals surface area (Å²) in [6.45, 7) is 1.63. The second-order valence-corrected chi connectivity index (χ2v) is 5.28. The van der Waals surface area contributed by atoms with Crippen LogP contribution >= 0.6 is 0 Å². The van der Waals surface area contributed by atoms with Crippen molar-refractivity contribution in [2.24, 2.45) is 10.9 Å². The molecule has 0 bridgehead atoms. The number of hydrogen-bond acceptors (Lipinski definition) is 5. The summed E-state index contributed by atoms with van der Waals surface area (Å²) in [6, 6.07) is 4.71. The Labute approximate surface area is 127 Å². The van der Waals surface area contributed by atoms with Crippen LogP contribution in [0, 0.1) is 5.82 Å². The molecule has 3 rings (SSSR count). The van der Waals surface area contributed by atoms with E-state index in [0.29, 0.717) is 56.1 Å². The minimum Gasteiger partial charge on any atom is -0.390 e. The standard InChI is InChI=1S/C15H18FN3O3/c16-13-7-10(19-4-6-21-5-3-15(19)20)1-2-12(13)14-8-11(9-17)22-18-14/h1-2,7,11H,3-6,8-9,17H2. The number of rotatable bonds is 3. The maximum absolute atomic E-state index is 14.4. The minimum atomic E-state index is -0.421. The summed E-state index contributed by atoms with van der Waals surface area (Å²) in [4.78, 5) is 18.7. The fraction of sp³-hybridized carbons (Fsp3) is 0.467. The van der Waals surface area contributed by atoms with E-state index in [1.54, 1.807) is 17.0 Å². The van der Waals surface area contributed by atoms with E-state index in [9.17, 15) is 9.18 Å². The van der Waals surface area contributed by atoms with Gasteiger partial charge in [-0.25, -0.2) is 4.39 Å². The monoisotopic (exact) mass is 307 g/mol. The molecular formula is C15H18FN3O3. The highest BCUT2D eigenvalue weighted by molar-refractivity contribution is 6.02. The molecule has 1 atom stereocenters. The number of nitrogens with zero attached hydrogens (tertiary/aromatic N) is 2. The average Bonchev–Trinajstić information content (AvgIpc) is 2.89. The molecule has 1 saturated heterocycles. The molecule has 22 heavy (non-hydrogen) atoms. The normalized spacial score (nSPS) is 22.3. The van der Waals surface area contributed by atoms with Crippen LogP contribution in [0.3, 0.4) is 0 Å². The van der Waals surface area contributed by atoms with Gasteiger partial charge in [0.25, 0.3) is 0 Å². The number of carbonyl (C=O) groups excluding carboxylic acids is 1. The van der Waals surface area contributed by atoms with Gasteiger partial charge in [0.15, 0.2) is 0 Å². The topological polar surface area (TPSA) is 77.1 Å². The van der Waals surface area contributed by atoms with Gasteiger partial charge in [-0.15, -0.1) is 0 Å². The maximum Gasteiger partial charge on any atom is 0.229 e. The van der Waals surface area contributed by atoms with Crippen molar-refractivity contribution in [1.29, 1.82) is 0 Å². The molecule has 1 fully saturated rings. The van der Waals surface area contributed by atoms with E-state index in [4.69, 9.17) is 15.3 Å². The molecule has 2 heterocycles. The number of carbonyl (C=O) groups is 1. The Kier molecular flexibility index (Phi) is 4.35.